The minimum absolute atomic E-state index is 0.295. The van der Waals surface area contributed by atoms with Crippen molar-refractivity contribution in [2.45, 2.75) is 40.3 Å². The van der Waals surface area contributed by atoms with Gasteiger partial charge in [-0.25, -0.2) is 0 Å². The maximum atomic E-state index is 12.7. The summed E-state index contributed by atoms with van der Waals surface area (Å²) >= 11 is 0.833. The lowest BCUT2D eigenvalue weighted by Crippen LogP contribution is -2.35. The molecule has 0 N–H and O–H groups in total. The predicted octanol–water partition coefficient (Wildman–Crippen LogP) is 4.17. The molecular formula is C23H26N2O5S. The molecular weight excluding hydrogens is 416 g/mol. The second-order valence-corrected chi connectivity index (χ2v) is 8.44. The average Bonchev–Trinajstić information content (AvgIpc) is 3.12. The number of carbonyl (C=O) groups excluding carboxylic acids is 3. The molecule has 0 spiro atoms. The molecule has 0 saturated carbocycles. The van der Waals surface area contributed by atoms with Crippen LogP contribution in [0.25, 0.3) is 6.08 Å². The third kappa shape index (κ3) is 5.58. The standard InChI is InChI=1S/C23H26N2O5S/c1-15(2)30-21(26)14-25-22(27)20(31-23(25)28)13-18-12-16(3)24(17(18)4)10-11-29-19-8-6-5-7-9-19/h5-9,12-13,15H,10-11,14H2,1-4H3/b20-13-. The highest BCUT2D eigenvalue weighted by Gasteiger charge is 2.37. The Hall–Kier alpha value is -3.00. The third-order valence-electron chi connectivity index (χ3n) is 4.75. The maximum Gasteiger partial charge on any atom is 0.326 e. The molecule has 0 radical (unpaired) electrons. The Morgan fingerprint density at radius 2 is 1.87 bits per heavy atom. The second kappa shape index (κ2) is 9.87. The first-order chi connectivity index (χ1) is 14.8. The molecule has 164 valence electrons. The smallest absolute Gasteiger partial charge is 0.326 e. The van der Waals surface area contributed by atoms with Gasteiger partial charge in [0.25, 0.3) is 11.1 Å². The lowest BCUT2D eigenvalue weighted by atomic mass is 10.2. The Morgan fingerprint density at radius 1 is 1.16 bits per heavy atom. The van der Waals surface area contributed by atoms with Crippen molar-refractivity contribution in [2.75, 3.05) is 13.2 Å². The summed E-state index contributed by atoms with van der Waals surface area (Å²) in [5.41, 5.74) is 2.85. The van der Waals surface area contributed by atoms with Gasteiger partial charge in [-0.2, -0.15) is 0 Å². The monoisotopic (exact) mass is 442 g/mol. The van der Waals surface area contributed by atoms with E-state index in [1.807, 2.05) is 50.2 Å². The Balaban J connectivity index is 1.69. The number of para-hydroxylation sites is 1. The van der Waals surface area contributed by atoms with Gasteiger partial charge in [-0.1, -0.05) is 18.2 Å². The molecule has 0 atom stereocenters. The number of aryl methyl sites for hydroxylation is 1. The number of amides is 2. The number of aromatic nitrogens is 1. The SMILES string of the molecule is Cc1cc(/C=C2\SC(=O)N(CC(=O)OC(C)C)C2=O)c(C)n1CCOc1ccccc1. The molecule has 1 aliphatic heterocycles. The van der Waals surface area contributed by atoms with Crippen LogP contribution in [0.4, 0.5) is 4.79 Å². The van der Waals surface area contributed by atoms with E-state index in [0.717, 1.165) is 39.4 Å². The highest BCUT2D eigenvalue weighted by molar-refractivity contribution is 8.18. The van der Waals surface area contributed by atoms with Crippen molar-refractivity contribution in [3.05, 3.63) is 58.3 Å². The van der Waals surface area contributed by atoms with Crippen LogP contribution in [0.5, 0.6) is 5.75 Å². The molecule has 0 unspecified atom stereocenters. The third-order valence-corrected chi connectivity index (χ3v) is 5.66. The van der Waals surface area contributed by atoms with E-state index in [-0.39, 0.29) is 12.6 Å². The number of thioether (sulfide) groups is 1. The minimum Gasteiger partial charge on any atom is -0.492 e. The molecule has 0 aliphatic carbocycles. The van der Waals surface area contributed by atoms with Crippen molar-refractivity contribution < 1.29 is 23.9 Å². The van der Waals surface area contributed by atoms with Gasteiger partial charge in [0.15, 0.2) is 0 Å². The van der Waals surface area contributed by atoms with Crippen LogP contribution in [0.15, 0.2) is 41.3 Å². The molecule has 0 bridgehead atoms. The number of rotatable bonds is 8. The van der Waals surface area contributed by atoms with Gasteiger partial charge in [0.2, 0.25) is 0 Å². The van der Waals surface area contributed by atoms with Crippen LogP contribution in [0.1, 0.15) is 30.8 Å². The molecule has 1 fully saturated rings. The van der Waals surface area contributed by atoms with Gasteiger partial charge in [0.1, 0.15) is 18.9 Å². The summed E-state index contributed by atoms with van der Waals surface area (Å²) in [4.78, 5) is 38.0. The molecule has 7 nitrogen and oxygen atoms in total. The fourth-order valence-electron chi connectivity index (χ4n) is 3.30. The number of carbonyl (C=O) groups is 3. The summed E-state index contributed by atoms with van der Waals surface area (Å²) in [6.07, 6.45) is 1.40. The van der Waals surface area contributed by atoms with Gasteiger partial charge in [-0.05, 0) is 69.3 Å². The van der Waals surface area contributed by atoms with Crippen LogP contribution >= 0.6 is 11.8 Å². The van der Waals surface area contributed by atoms with Crippen LogP contribution in [0.2, 0.25) is 0 Å². The predicted molar refractivity (Wildman–Crippen MR) is 120 cm³/mol. The van der Waals surface area contributed by atoms with Gasteiger partial charge < -0.3 is 14.0 Å². The molecule has 2 amide bonds. The van der Waals surface area contributed by atoms with Gasteiger partial charge >= 0.3 is 5.97 Å². The molecule has 2 heterocycles. The molecule has 1 aromatic carbocycles. The highest BCUT2D eigenvalue weighted by atomic mass is 32.2. The number of imide groups is 1. The van der Waals surface area contributed by atoms with Crippen molar-refractivity contribution in [1.29, 1.82) is 0 Å². The fourth-order valence-corrected chi connectivity index (χ4v) is 4.13. The number of nitrogens with zero attached hydrogens (tertiary/aromatic N) is 2. The van der Waals surface area contributed by atoms with Crippen molar-refractivity contribution in [3.63, 3.8) is 0 Å². The Kier molecular flexibility index (Phi) is 7.22. The van der Waals surface area contributed by atoms with E-state index in [1.54, 1.807) is 19.9 Å². The average molecular weight is 443 g/mol. The van der Waals surface area contributed by atoms with Crippen LogP contribution in [0, 0.1) is 13.8 Å². The summed E-state index contributed by atoms with van der Waals surface area (Å²) < 4.78 is 12.9. The van der Waals surface area contributed by atoms with Crippen molar-refractivity contribution in [3.8, 4) is 5.75 Å². The van der Waals surface area contributed by atoms with Crippen LogP contribution < -0.4 is 4.74 Å². The zero-order chi connectivity index (χ0) is 22.5. The lowest BCUT2D eigenvalue weighted by Gasteiger charge is -2.13. The lowest BCUT2D eigenvalue weighted by molar-refractivity contribution is -0.149. The molecule has 31 heavy (non-hydrogen) atoms. The van der Waals surface area contributed by atoms with E-state index in [0.29, 0.717) is 18.1 Å². The summed E-state index contributed by atoms with van der Waals surface area (Å²) in [5, 5.41) is -0.470. The van der Waals surface area contributed by atoms with Gasteiger partial charge in [0, 0.05) is 11.4 Å². The normalized spacial score (nSPS) is 15.3. The molecule has 1 saturated heterocycles. The van der Waals surface area contributed by atoms with E-state index >= 15 is 0 Å². The second-order valence-electron chi connectivity index (χ2n) is 7.45. The van der Waals surface area contributed by atoms with Gasteiger partial charge in [-0.15, -0.1) is 0 Å². The first-order valence-electron chi connectivity index (χ1n) is 10.1. The Bertz CT molecular complexity index is 1010. The fraction of sp³-hybridized carbons (Fsp3) is 0.348. The first-order valence-corrected chi connectivity index (χ1v) is 10.9. The molecule has 8 heteroatoms. The number of benzene rings is 1. The van der Waals surface area contributed by atoms with E-state index in [4.69, 9.17) is 9.47 Å². The zero-order valence-electron chi connectivity index (χ0n) is 18.1. The number of ether oxygens (including phenoxy) is 2. The van der Waals surface area contributed by atoms with Crippen molar-refractivity contribution >= 4 is 35.0 Å². The largest absolute Gasteiger partial charge is 0.492 e. The summed E-state index contributed by atoms with van der Waals surface area (Å²) in [6, 6.07) is 11.6. The zero-order valence-corrected chi connectivity index (χ0v) is 18.9. The van der Waals surface area contributed by atoms with E-state index in [1.165, 1.54) is 0 Å². The topological polar surface area (TPSA) is 77.8 Å². The summed E-state index contributed by atoms with van der Waals surface area (Å²) in [7, 11) is 0. The maximum absolute atomic E-state index is 12.7. The van der Waals surface area contributed by atoms with E-state index in [9.17, 15) is 14.4 Å². The first kappa shape index (κ1) is 22.7. The van der Waals surface area contributed by atoms with E-state index < -0.39 is 17.1 Å². The van der Waals surface area contributed by atoms with Crippen molar-refractivity contribution in [1.82, 2.24) is 9.47 Å². The van der Waals surface area contributed by atoms with Gasteiger partial charge in [-0.3, -0.25) is 19.3 Å². The number of esters is 1. The van der Waals surface area contributed by atoms with Gasteiger partial charge in [0.05, 0.1) is 17.6 Å². The summed E-state index contributed by atoms with van der Waals surface area (Å²) in [6.45, 7) is 8.16. The van der Waals surface area contributed by atoms with E-state index in [2.05, 4.69) is 4.57 Å². The molecule has 1 aromatic heterocycles. The van der Waals surface area contributed by atoms with Crippen LogP contribution in [-0.2, 0) is 20.9 Å². The van der Waals surface area contributed by atoms with Crippen LogP contribution in [0.3, 0.4) is 0 Å². The Labute approximate surface area is 186 Å². The molecule has 3 rings (SSSR count). The van der Waals surface area contributed by atoms with Crippen molar-refractivity contribution in [2.24, 2.45) is 0 Å². The molecule has 1 aliphatic rings. The molecule has 2 aromatic rings. The minimum atomic E-state index is -0.602. The quantitative estimate of drug-likeness (QED) is 0.451. The summed E-state index contributed by atoms with van der Waals surface area (Å²) in [5.74, 6) is -0.266. The number of hydrogen-bond donors (Lipinski definition) is 0. The number of hydrogen-bond acceptors (Lipinski definition) is 6. The Morgan fingerprint density at radius 3 is 2.55 bits per heavy atom. The van der Waals surface area contributed by atoms with Crippen LogP contribution in [-0.4, -0.2) is 45.8 Å². The highest BCUT2D eigenvalue weighted by Crippen LogP contribution is 2.33.